The van der Waals surface area contributed by atoms with Crippen LogP contribution in [0.2, 0.25) is 0 Å². The Labute approximate surface area is 125 Å². The molecule has 0 aliphatic heterocycles. The first-order valence-corrected chi connectivity index (χ1v) is 6.85. The molecule has 0 saturated carbocycles. The number of aromatic nitrogens is 5. The van der Waals surface area contributed by atoms with Crippen molar-refractivity contribution in [1.29, 1.82) is 0 Å². The van der Waals surface area contributed by atoms with Gasteiger partial charge in [0.15, 0.2) is 0 Å². The SMILES string of the molecule is Cn1cc(Br)c(-c2cn(CC(=O)OC(C)(C)C)nn2)n1. The van der Waals surface area contributed by atoms with Crippen molar-refractivity contribution in [3.05, 3.63) is 16.9 Å². The van der Waals surface area contributed by atoms with Crippen molar-refractivity contribution in [2.45, 2.75) is 32.9 Å². The van der Waals surface area contributed by atoms with E-state index < -0.39 is 5.60 Å². The number of ether oxygens (including phenoxy) is 1. The molecule has 8 heteroatoms. The van der Waals surface area contributed by atoms with Crippen molar-refractivity contribution < 1.29 is 9.53 Å². The molecule has 0 saturated heterocycles. The van der Waals surface area contributed by atoms with Crippen LogP contribution < -0.4 is 0 Å². The zero-order valence-corrected chi connectivity index (χ0v) is 13.4. The molecule has 0 spiro atoms. The van der Waals surface area contributed by atoms with E-state index in [4.69, 9.17) is 4.74 Å². The third-order valence-electron chi connectivity index (χ3n) is 2.28. The molecule has 0 aliphatic carbocycles. The van der Waals surface area contributed by atoms with Crippen molar-refractivity contribution in [3.63, 3.8) is 0 Å². The topological polar surface area (TPSA) is 74.8 Å². The van der Waals surface area contributed by atoms with E-state index in [1.54, 1.807) is 10.9 Å². The molecule has 0 unspecified atom stereocenters. The van der Waals surface area contributed by atoms with Gasteiger partial charge in [0.25, 0.3) is 0 Å². The van der Waals surface area contributed by atoms with Gasteiger partial charge in [0.1, 0.15) is 23.5 Å². The number of aryl methyl sites for hydroxylation is 1. The highest BCUT2D eigenvalue weighted by Gasteiger charge is 2.18. The van der Waals surface area contributed by atoms with E-state index in [0.29, 0.717) is 11.4 Å². The lowest BCUT2D eigenvalue weighted by atomic mass is 10.2. The van der Waals surface area contributed by atoms with Crippen LogP contribution in [0.5, 0.6) is 0 Å². The zero-order chi connectivity index (χ0) is 14.9. The minimum absolute atomic E-state index is 0.0225. The third-order valence-corrected chi connectivity index (χ3v) is 2.86. The van der Waals surface area contributed by atoms with Gasteiger partial charge in [-0.25, -0.2) is 4.68 Å². The van der Waals surface area contributed by atoms with Gasteiger partial charge in [-0.1, -0.05) is 5.21 Å². The fraction of sp³-hybridized carbons (Fsp3) is 0.500. The van der Waals surface area contributed by atoms with Gasteiger partial charge >= 0.3 is 5.97 Å². The standard InChI is InChI=1S/C12H16BrN5O2/c1-12(2,3)20-10(19)7-18-6-9(14-16-18)11-8(13)5-17(4)15-11/h5-6H,7H2,1-4H3. The average molecular weight is 342 g/mol. The smallest absolute Gasteiger partial charge is 0.328 e. The number of hydrogen-bond donors (Lipinski definition) is 0. The van der Waals surface area contributed by atoms with E-state index in [1.165, 1.54) is 4.68 Å². The van der Waals surface area contributed by atoms with Crippen LogP contribution in [0.25, 0.3) is 11.4 Å². The molecule has 0 fully saturated rings. The van der Waals surface area contributed by atoms with Gasteiger partial charge in [-0.3, -0.25) is 9.48 Å². The van der Waals surface area contributed by atoms with E-state index in [0.717, 1.165) is 4.47 Å². The number of esters is 1. The molecule has 2 aromatic rings. The monoisotopic (exact) mass is 341 g/mol. The molecule has 20 heavy (non-hydrogen) atoms. The molecule has 2 aromatic heterocycles. The zero-order valence-electron chi connectivity index (χ0n) is 11.8. The Hall–Kier alpha value is -1.70. The summed E-state index contributed by atoms with van der Waals surface area (Å²) in [4.78, 5) is 11.7. The number of carbonyl (C=O) groups is 1. The summed E-state index contributed by atoms with van der Waals surface area (Å²) >= 11 is 3.40. The first kappa shape index (κ1) is 14.7. The molecule has 0 aliphatic rings. The van der Waals surface area contributed by atoms with Crippen molar-refractivity contribution >= 4 is 21.9 Å². The van der Waals surface area contributed by atoms with E-state index in [2.05, 4.69) is 31.3 Å². The second kappa shape index (κ2) is 5.35. The number of nitrogens with zero attached hydrogens (tertiary/aromatic N) is 5. The fourth-order valence-corrected chi connectivity index (χ4v) is 2.20. The molecule has 0 N–H and O–H groups in total. The normalized spacial score (nSPS) is 11.7. The molecule has 2 rings (SSSR count). The Morgan fingerprint density at radius 1 is 1.40 bits per heavy atom. The van der Waals surface area contributed by atoms with E-state index in [-0.39, 0.29) is 12.5 Å². The van der Waals surface area contributed by atoms with Crippen molar-refractivity contribution in [1.82, 2.24) is 24.8 Å². The lowest BCUT2D eigenvalue weighted by Crippen LogP contribution is -2.26. The number of halogens is 1. The highest BCUT2D eigenvalue weighted by Crippen LogP contribution is 2.24. The predicted octanol–water partition coefficient (Wildman–Crippen LogP) is 1.78. The van der Waals surface area contributed by atoms with Crippen LogP contribution in [-0.2, 0) is 23.1 Å². The Bertz CT molecular complexity index is 626. The summed E-state index contributed by atoms with van der Waals surface area (Å²) in [6, 6.07) is 0. The van der Waals surface area contributed by atoms with Crippen LogP contribution in [0, 0.1) is 0 Å². The lowest BCUT2D eigenvalue weighted by Gasteiger charge is -2.19. The molecule has 7 nitrogen and oxygen atoms in total. The minimum atomic E-state index is -0.509. The van der Waals surface area contributed by atoms with Crippen LogP contribution >= 0.6 is 15.9 Å². The molecule has 0 aromatic carbocycles. The lowest BCUT2D eigenvalue weighted by molar-refractivity contribution is -0.155. The molecular weight excluding hydrogens is 326 g/mol. The molecule has 0 amide bonds. The van der Waals surface area contributed by atoms with Gasteiger partial charge in [0.2, 0.25) is 0 Å². The Morgan fingerprint density at radius 2 is 2.10 bits per heavy atom. The minimum Gasteiger partial charge on any atom is -0.459 e. The Balaban J connectivity index is 2.10. The summed E-state index contributed by atoms with van der Waals surface area (Å²) in [6.45, 7) is 5.49. The summed E-state index contributed by atoms with van der Waals surface area (Å²) in [5.41, 5.74) is 0.772. The van der Waals surface area contributed by atoms with Crippen LogP contribution in [0.1, 0.15) is 20.8 Å². The summed E-state index contributed by atoms with van der Waals surface area (Å²) in [6.07, 6.45) is 3.49. The second-order valence-electron chi connectivity index (χ2n) is 5.39. The van der Waals surface area contributed by atoms with Gasteiger partial charge in [0, 0.05) is 13.2 Å². The number of rotatable bonds is 3. The fourth-order valence-electron chi connectivity index (χ4n) is 1.62. The highest BCUT2D eigenvalue weighted by atomic mass is 79.9. The molecule has 2 heterocycles. The van der Waals surface area contributed by atoms with Gasteiger partial charge in [-0.05, 0) is 36.7 Å². The molecule has 108 valence electrons. The average Bonchev–Trinajstić information content (AvgIpc) is 2.82. The maximum absolute atomic E-state index is 11.7. The first-order chi connectivity index (χ1) is 9.24. The second-order valence-corrected chi connectivity index (χ2v) is 6.24. The van der Waals surface area contributed by atoms with Crippen molar-refractivity contribution in [2.75, 3.05) is 0 Å². The molecule has 0 atom stereocenters. The van der Waals surface area contributed by atoms with Gasteiger partial charge in [-0.15, -0.1) is 5.10 Å². The van der Waals surface area contributed by atoms with Crippen LogP contribution in [0.15, 0.2) is 16.9 Å². The third kappa shape index (κ3) is 3.66. The predicted molar refractivity (Wildman–Crippen MR) is 75.8 cm³/mol. The van der Waals surface area contributed by atoms with Crippen molar-refractivity contribution in [3.8, 4) is 11.4 Å². The number of hydrogen-bond acceptors (Lipinski definition) is 5. The summed E-state index contributed by atoms with van der Waals surface area (Å²) in [7, 11) is 1.82. The first-order valence-electron chi connectivity index (χ1n) is 6.06. The summed E-state index contributed by atoms with van der Waals surface area (Å²) in [5.74, 6) is -0.353. The van der Waals surface area contributed by atoms with Gasteiger partial charge < -0.3 is 4.74 Å². The summed E-state index contributed by atoms with van der Waals surface area (Å²) in [5, 5.41) is 12.2. The van der Waals surface area contributed by atoms with Gasteiger partial charge in [0.05, 0.1) is 10.7 Å². The Kier molecular flexibility index (Phi) is 3.94. The quantitative estimate of drug-likeness (QED) is 0.795. The largest absolute Gasteiger partial charge is 0.459 e. The van der Waals surface area contributed by atoms with E-state index in [9.17, 15) is 4.79 Å². The Morgan fingerprint density at radius 3 is 2.65 bits per heavy atom. The maximum Gasteiger partial charge on any atom is 0.328 e. The van der Waals surface area contributed by atoms with Crippen LogP contribution in [0.3, 0.4) is 0 Å². The van der Waals surface area contributed by atoms with E-state index >= 15 is 0 Å². The highest BCUT2D eigenvalue weighted by molar-refractivity contribution is 9.10. The molecule has 0 bridgehead atoms. The van der Waals surface area contributed by atoms with Crippen LogP contribution in [-0.4, -0.2) is 36.3 Å². The summed E-state index contributed by atoms with van der Waals surface area (Å²) < 4.78 is 9.16. The van der Waals surface area contributed by atoms with Crippen molar-refractivity contribution in [2.24, 2.45) is 7.05 Å². The van der Waals surface area contributed by atoms with E-state index in [1.807, 2.05) is 34.0 Å². The number of carbonyl (C=O) groups excluding carboxylic acids is 1. The van der Waals surface area contributed by atoms with Gasteiger partial charge in [-0.2, -0.15) is 5.10 Å². The molecular formula is C12H16BrN5O2. The molecule has 0 radical (unpaired) electrons. The maximum atomic E-state index is 11.7. The van der Waals surface area contributed by atoms with Crippen LogP contribution in [0.4, 0.5) is 0 Å².